The number of aliphatic carboxylic acids is 1. The van der Waals surface area contributed by atoms with E-state index in [0.29, 0.717) is 17.6 Å². The number of rotatable bonds is 2. The number of fused-ring (bicyclic) bond motifs is 1. The van der Waals surface area contributed by atoms with Gasteiger partial charge in [0.15, 0.2) is 11.4 Å². The van der Waals surface area contributed by atoms with E-state index in [9.17, 15) is 14.3 Å². The Morgan fingerprint density at radius 3 is 2.86 bits per heavy atom. The lowest BCUT2D eigenvalue weighted by Gasteiger charge is -2.38. The van der Waals surface area contributed by atoms with Crippen molar-refractivity contribution in [3.63, 3.8) is 0 Å². The summed E-state index contributed by atoms with van der Waals surface area (Å²) < 4.78 is 19.4. The van der Waals surface area contributed by atoms with Gasteiger partial charge in [0.25, 0.3) is 0 Å². The summed E-state index contributed by atoms with van der Waals surface area (Å²) in [6.45, 7) is 4.28. The van der Waals surface area contributed by atoms with Gasteiger partial charge in [-0.2, -0.15) is 0 Å². The molecule has 0 aliphatic heterocycles. The van der Waals surface area contributed by atoms with Gasteiger partial charge in [-0.25, -0.2) is 4.39 Å². The van der Waals surface area contributed by atoms with Gasteiger partial charge in [-0.3, -0.25) is 4.79 Å². The van der Waals surface area contributed by atoms with E-state index in [1.54, 1.807) is 18.2 Å². The van der Waals surface area contributed by atoms with E-state index in [1.807, 2.05) is 0 Å². The standard InChI is InChI=1S/C17H19FO3/c1-17(2)7-6-11(16(19)20)12(9-17)14-8-10-4-3-5-13(18)15(10)21-14/h3-5,8,11-12H,6-7,9H2,1-2H3,(H,19,20). The minimum Gasteiger partial charge on any atom is -0.481 e. The van der Waals surface area contributed by atoms with Crippen LogP contribution in [0, 0.1) is 17.2 Å². The minimum absolute atomic E-state index is 0.0775. The Kier molecular flexibility index (Phi) is 3.27. The molecule has 1 saturated carbocycles. The molecule has 1 aromatic carbocycles. The lowest BCUT2D eigenvalue weighted by Crippen LogP contribution is -2.32. The zero-order chi connectivity index (χ0) is 15.2. The molecule has 0 saturated heterocycles. The van der Waals surface area contributed by atoms with Crippen molar-refractivity contribution < 1.29 is 18.7 Å². The second-order valence-corrected chi connectivity index (χ2v) is 6.77. The Balaban J connectivity index is 2.04. The first-order valence-electron chi connectivity index (χ1n) is 7.28. The SMILES string of the molecule is CC1(C)CCC(C(=O)O)C(c2cc3cccc(F)c3o2)C1. The van der Waals surface area contributed by atoms with Crippen molar-refractivity contribution in [3.8, 4) is 0 Å². The van der Waals surface area contributed by atoms with Gasteiger partial charge in [0, 0.05) is 11.3 Å². The minimum atomic E-state index is -0.795. The normalized spacial score (nSPS) is 25.1. The van der Waals surface area contributed by atoms with E-state index in [2.05, 4.69) is 13.8 Å². The molecule has 2 unspecified atom stereocenters. The molecule has 0 amide bonds. The van der Waals surface area contributed by atoms with E-state index in [4.69, 9.17) is 4.42 Å². The van der Waals surface area contributed by atoms with Crippen LogP contribution in [0.4, 0.5) is 4.39 Å². The van der Waals surface area contributed by atoms with Gasteiger partial charge >= 0.3 is 5.97 Å². The number of carboxylic acids is 1. The maximum absolute atomic E-state index is 13.8. The molecule has 112 valence electrons. The molecule has 3 nitrogen and oxygen atoms in total. The Morgan fingerprint density at radius 1 is 1.43 bits per heavy atom. The van der Waals surface area contributed by atoms with Gasteiger partial charge in [-0.15, -0.1) is 0 Å². The quantitative estimate of drug-likeness (QED) is 0.881. The largest absolute Gasteiger partial charge is 0.481 e. The Morgan fingerprint density at radius 2 is 2.19 bits per heavy atom. The maximum Gasteiger partial charge on any atom is 0.307 e. The number of hydrogen-bond acceptors (Lipinski definition) is 2. The van der Waals surface area contributed by atoms with E-state index < -0.39 is 17.7 Å². The average molecular weight is 290 g/mol. The van der Waals surface area contributed by atoms with Crippen molar-refractivity contribution in [2.75, 3.05) is 0 Å². The summed E-state index contributed by atoms with van der Waals surface area (Å²) in [4.78, 5) is 11.5. The van der Waals surface area contributed by atoms with Crippen molar-refractivity contribution in [1.82, 2.24) is 0 Å². The van der Waals surface area contributed by atoms with Gasteiger partial charge < -0.3 is 9.52 Å². The molecule has 21 heavy (non-hydrogen) atoms. The third-order valence-electron chi connectivity index (χ3n) is 4.59. The third-order valence-corrected chi connectivity index (χ3v) is 4.59. The van der Waals surface area contributed by atoms with Gasteiger partial charge in [0.1, 0.15) is 5.76 Å². The van der Waals surface area contributed by atoms with Crippen LogP contribution in [0.5, 0.6) is 0 Å². The summed E-state index contributed by atoms with van der Waals surface area (Å²) in [5.41, 5.74) is 0.300. The first kappa shape index (κ1) is 14.1. The number of halogens is 1. The summed E-state index contributed by atoms with van der Waals surface area (Å²) in [7, 11) is 0. The highest BCUT2D eigenvalue weighted by Crippen LogP contribution is 2.47. The van der Waals surface area contributed by atoms with Crippen LogP contribution in [0.2, 0.25) is 0 Å². The fourth-order valence-electron chi connectivity index (χ4n) is 3.41. The zero-order valence-electron chi connectivity index (χ0n) is 12.2. The predicted molar refractivity (Wildman–Crippen MR) is 77.7 cm³/mol. The second kappa shape index (κ2) is 4.86. The number of para-hydroxylation sites is 1. The lowest BCUT2D eigenvalue weighted by molar-refractivity contribution is -0.144. The molecule has 1 aliphatic carbocycles. The Hall–Kier alpha value is -1.84. The van der Waals surface area contributed by atoms with Crippen molar-refractivity contribution in [3.05, 3.63) is 35.8 Å². The molecule has 1 aromatic heterocycles. The number of furan rings is 1. The predicted octanol–water partition coefficient (Wildman–Crippen LogP) is 4.57. The molecular formula is C17H19FO3. The molecule has 2 atom stereocenters. The number of benzene rings is 1. The lowest BCUT2D eigenvalue weighted by atomic mass is 9.66. The Bertz CT molecular complexity index is 686. The highest BCUT2D eigenvalue weighted by Gasteiger charge is 2.41. The molecule has 2 aromatic rings. The molecular weight excluding hydrogens is 271 g/mol. The van der Waals surface area contributed by atoms with Crippen molar-refractivity contribution in [1.29, 1.82) is 0 Å². The topological polar surface area (TPSA) is 50.4 Å². The van der Waals surface area contributed by atoms with Gasteiger partial charge in [-0.05, 0) is 36.8 Å². The van der Waals surface area contributed by atoms with Gasteiger partial charge in [0.05, 0.1) is 5.92 Å². The second-order valence-electron chi connectivity index (χ2n) is 6.77. The third kappa shape index (κ3) is 2.55. The summed E-state index contributed by atoms with van der Waals surface area (Å²) in [5, 5.41) is 10.1. The van der Waals surface area contributed by atoms with Gasteiger partial charge in [-0.1, -0.05) is 26.0 Å². The highest BCUT2D eigenvalue weighted by atomic mass is 19.1. The van der Waals surface area contributed by atoms with E-state index >= 15 is 0 Å². The van der Waals surface area contributed by atoms with E-state index in [1.165, 1.54) is 6.07 Å². The maximum atomic E-state index is 13.8. The first-order chi connectivity index (χ1) is 9.87. The van der Waals surface area contributed by atoms with Gasteiger partial charge in [0.2, 0.25) is 0 Å². The number of carbonyl (C=O) groups is 1. The average Bonchev–Trinajstić information content (AvgIpc) is 2.82. The van der Waals surface area contributed by atoms with Crippen LogP contribution in [0.25, 0.3) is 11.0 Å². The monoisotopic (exact) mass is 290 g/mol. The molecule has 1 N–H and O–H groups in total. The van der Waals surface area contributed by atoms with Crippen LogP contribution in [-0.4, -0.2) is 11.1 Å². The molecule has 0 radical (unpaired) electrons. The van der Waals surface area contributed by atoms with E-state index in [-0.39, 0.29) is 16.9 Å². The highest BCUT2D eigenvalue weighted by molar-refractivity contribution is 5.79. The smallest absolute Gasteiger partial charge is 0.307 e. The van der Waals surface area contributed by atoms with E-state index in [0.717, 1.165) is 12.8 Å². The van der Waals surface area contributed by atoms with Crippen LogP contribution in [0.3, 0.4) is 0 Å². The van der Waals surface area contributed by atoms with Crippen molar-refractivity contribution in [2.45, 2.75) is 39.0 Å². The molecule has 4 heteroatoms. The van der Waals surface area contributed by atoms with Crippen LogP contribution in [-0.2, 0) is 4.79 Å². The summed E-state index contributed by atoms with van der Waals surface area (Å²) in [6.07, 6.45) is 2.26. The van der Waals surface area contributed by atoms with Crippen LogP contribution in [0.1, 0.15) is 44.8 Å². The molecule has 0 bridgehead atoms. The molecule has 1 heterocycles. The molecule has 0 spiro atoms. The fourth-order valence-corrected chi connectivity index (χ4v) is 3.41. The number of carboxylic acid groups (broad SMARTS) is 1. The zero-order valence-corrected chi connectivity index (χ0v) is 12.2. The van der Waals surface area contributed by atoms with Crippen LogP contribution < -0.4 is 0 Å². The van der Waals surface area contributed by atoms with Crippen LogP contribution in [0.15, 0.2) is 28.7 Å². The summed E-state index contributed by atoms with van der Waals surface area (Å²) in [5.74, 6) is -1.26. The first-order valence-corrected chi connectivity index (χ1v) is 7.28. The van der Waals surface area contributed by atoms with Crippen LogP contribution >= 0.6 is 0 Å². The fraction of sp³-hybridized carbons (Fsp3) is 0.471. The molecule has 3 rings (SSSR count). The summed E-state index contributed by atoms with van der Waals surface area (Å²) in [6, 6.07) is 6.57. The molecule has 1 fully saturated rings. The van der Waals surface area contributed by atoms with Crippen molar-refractivity contribution >= 4 is 16.9 Å². The Labute approximate surface area is 122 Å². The number of hydrogen-bond donors (Lipinski definition) is 1. The summed E-state index contributed by atoms with van der Waals surface area (Å²) >= 11 is 0. The molecule has 1 aliphatic rings. The van der Waals surface area contributed by atoms with Crippen molar-refractivity contribution in [2.24, 2.45) is 11.3 Å².